The monoisotopic (exact) mass is 564 g/mol. The second-order valence-corrected chi connectivity index (χ2v) is 14.3. The second-order valence-electron chi connectivity index (χ2n) is 11.3. The lowest BCUT2D eigenvalue weighted by Crippen LogP contribution is -2.61. The van der Waals surface area contributed by atoms with Crippen LogP contribution in [0.1, 0.15) is 51.9 Å². The molecule has 0 amide bonds. The molecular weight excluding hydrogens is 525 g/mol. The van der Waals surface area contributed by atoms with E-state index in [1.165, 1.54) is 5.57 Å². The van der Waals surface area contributed by atoms with Gasteiger partial charge in [0.2, 0.25) is 0 Å². The molecule has 0 aromatic heterocycles. The van der Waals surface area contributed by atoms with Crippen LogP contribution in [-0.2, 0) is 4.79 Å². The number of carbonyl (C=O) groups excluding carboxylic acids is 1. The van der Waals surface area contributed by atoms with Crippen LogP contribution in [0.2, 0.25) is 0 Å². The number of Topliss-reactive ketones (excluding diaryl/α,β-unsaturated/α-hetero) is 1. The lowest BCUT2D eigenvalue weighted by Gasteiger charge is -2.63. The van der Waals surface area contributed by atoms with Crippen LogP contribution in [0.15, 0.2) is 11.6 Å². The normalized spacial score (nSPS) is 45.5. The molecule has 8 heteroatoms. The predicted octanol–water partition coefficient (Wildman–Crippen LogP) is 5.39. The van der Waals surface area contributed by atoms with Crippen molar-refractivity contribution in [3.63, 3.8) is 0 Å². The molecule has 4 aliphatic rings. The number of carbonyl (C=O) groups is 1. The molecule has 1 N–H and O–H groups in total. The van der Waals surface area contributed by atoms with E-state index in [0.717, 1.165) is 44.9 Å². The van der Waals surface area contributed by atoms with Gasteiger partial charge in [-0.2, -0.15) is 75.8 Å². The van der Waals surface area contributed by atoms with Crippen LogP contribution in [0.4, 0.5) is 0 Å². The first kappa shape index (κ1) is 27.5. The Kier molecular flexibility index (Phi) is 8.60. The summed E-state index contributed by atoms with van der Waals surface area (Å²) in [5, 5.41) is 11.4. The van der Waals surface area contributed by atoms with Gasteiger partial charge in [0.15, 0.2) is 0 Å². The largest absolute Gasteiger partial charge is 0.395 e. The van der Waals surface area contributed by atoms with Crippen molar-refractivity contribution in [2.75, 3.05) is 23.9 Å². The summed E-state index contributed by atoms with van der Waals surface area (Å²) in [6.07, 6.45) is 9.07. The summed E-state index contributed by atoms with van der Waals surface area (Å²) in [5.41, 5.74) is 0.653. The minimum absolute atomic E-state index is 0.0439. The van der Waals surface area contributed by atoms with E-state index in [9.17, 15) is 9.90 Å². The van der Waals surface area contributed by atoms with Crippen molar-refractivity contribution in [3.05, 3.63) is 11.6 Å². The van der Waals surface area contributed by atoms with Crippen molar-refractivity contribution in [1.82, 2.24) is 0 Å². The van der Waals surface area contributed by atoms with Crippen molar-refractivity contribution in [2.45, 2.75) is 67.6 Å². The fourth-order valence-electron chi connectivity index (χ4n) is 8.53. The fraction of sp³-hybridized carbons (Fsp3) is 0.880. The van der Waals surface area contributed by atoms with E-state index >= 15 is 0 Å². The van der Waals surface area contributed by atoms with Gasteiger partial charge < -0.3 is 5.11 Å². The van der Waals surface area contributed by atoms with Crippen molar-refractivity contribution in [1.29, 1.82) is 0 Å². The Morgan fingerprint density at radius 3 is 2.24 bits per heavy atom. The van der Waals surface area contributed by atoms with Gasteiger partial charge in [0.25, 0.3) is 0 Å². The zero-order valence-electron chi connectivity index (χ0n) is 19.4. The van der Waals surface area contributed by atoms with Crippen molar-refractivity contribution in [2.24, 2.45) is 39.9 Å². The number of thiol groups is 6. The molecule has 0 spiro atoms. The maximum atomic E-state index is 12.8. The van der Waals surface area contributed by atoms with Gasteiger partial charge in [-0.25, -0.2) is 0 Å². The molecule has 0 heterocycles. The van der Waals surface area contributed by atoms with Gasteiger partial charge in [0.05, 0.1) is 6.61 Å². The summed E-state index contributed by atoms with van der Waals surface area (Å²) < 4.78 is 0. The Morgan fingerprint density at radius 2 is 1.67 bits per heavy atom. The summed E-state index contributed by atoms with van der Waals surface area (Å²) in [7, 11) is 0. The first-order valence-corrected chi connectivity index (χ1v) is 15.8. The van der Waals surface area contributed by atoms with E-state index in [-0.39, 0.29) is 44.5 Å². The van der Waals surface area contributed by atoms with Gasteiger partial charge in [0, 0.05) is 55.7 Å². The summed E-state index contributed by atoms with van der Waals surface area (Å²) in [4.78, 5) is 12.8. The van der Waals surface area contributed by atoms with Crippen LogP contribution >= 0.6 is 75.8 Å². The van der Waals surface area contributed by atoms with E-state index in [2.05, 4.69) is 50.9 Å². The quantitative estimate of drug-likeness (QED) is 0.167. The lowest BCUT2D eigenvalue weighted by molar-refractivity contribution is -0.136. The molecule has 0 aliphatic heterocycles. The molecule has 4 unspecified atom stereocenters. The van der Waals surface area contributed by atoms with Gasteiger partial charge >= 0.3 is 0 Å². The summed E-state index contributed by atoms with van der Waals surface area (Å²) in [5.74, 6) is 3.92. The summed E-state index contributed by atoms with van der Waals surface area (Å²) >= 11 is 29.1. The number of allylic oxidation sites excluding steroid dienone is 1. The highest BCUT2D eigenvalue weighted by molar-refractivity contribution is 7.85. The number of fused-ring (bicyclic) bond motifs is 5. The van der Waals surface area contributed by atoms with E-state index < -0.39 is 0 Å². The first-order chi connectivity index (χ1) is 15.7. The van der Waals surface area contributed by atoms with Crippen LogP contribution in [0.25, 0.3) is 0 Å². The Bertz CT molecular complexity index is 779. The molecule has 4 aliphatic carbocycles. The van der Waals surface area contributed by atoms with Crippen molar-refractivity contribution in [3.8, 4) is 0 Å². The predicted molar refractivity (Wildman–Crippen MR) is 159 cm³/mol. The molecular formula is C25H40O2S6. The van der Waals surface area contributed by atoms with Crippen LogP contribution in [0.3, 0.4) is 0 Å². The molecule has 188 valence electrons. The number of aliphatic hydroxyl groups is 1. The molecule has 0 aromatic rings. The number of rotatable bonds is 7. The highest BCUT2D eigenvalue weighted by atomic mass is 32.1. The Balaban J connectivity index is 1.85. The Morgan fingerprint density at radius 1 is 1.00 bits per heavy atom. The molecule has 0 saturated heterocycles. The van der Waals surface area contributed by atoms with Crippen molar-refractivity contribution < 1.29 is 9.90 Å². The standard InChI is InChI=1S/C25H40O2S6/c1-23-7-6-17-15(16(23)4-5-20(23)27)3-2-14-8-24(21(32)11-29,22(33)12-30)9-18(19(31)10-28)25(14,17)13-26/h8,15-19,21-22,26,28-33H,2-7,9-13H2,1H3/t15-,16-,17+,18?,19?,21?,22?,23-,24?,25-/m0/s1. The third-order valence-corrected chi connectivity index (χ3v) is 14.2. The van der Waals surface area contributed by atoms with Gasteiger partial charge in [-0.1, -0.05) is 18.6 Å². The maximum absolute atomic E-state index is 12.8. The number of ketones is 1. The molecule has 9 atom stereocenters. The topological polar surface area (TPSA) is 37.3 Å². The summed E-state index contributed by atoms with van der Waals surface area (Å²) in [6.45, 7) is 2.36. The molecule has 0 radical (unpaired) electrons. The highest BCUT2D eigenvalue weighted by Crippen LogP contribution is 2.68. The van der Waals surface area contributed by atoms with Gasteiger partial charge in [-0.3, -0.25) is 4.79 Å². The van der Waals surface area contributed by atoms with Crippen molar-refractivity contribution >= 4 is 81.6 Å². The van der Waals surface area contributed by atoms with E-state index in [1.807, 2.05) is 0 Å². The smallest absolute Gasteiger partial charge is 0.139 e. The average Bonchev–Trinajstić information content (AvgIpc) is 3.15. The summed E-state index contributed by atoms with van der Waals surface area (Å²) in [6, 6.07) is 0. The zero-order valence-corrected chi connectivity index (χ0v) is 24.8. The van der Waals surface area contributed by atoms with Crippen LogP contribution < -0.4 is 0 Å². The minimum Gasteiger partial charge on any atom is -0.395 e. The Labute approximate surface area is 233 Å². The maximum Gasteiger partial charge on any atom is 0.139 e. The van der Waals surface area contributed by atoms with Gasteiger partial charge in [0.1, 0.15) is 5.78 Å². The zero-order chi connectivity index (χ0) is 24.2. The SMILES string of the molecule is C[C@]12CC[C@@H]3[C@@H](CCC4=CC(C(S)CS)(C(S)CS)CC(C(S)CS)[C@@]43CO)[C@@H]1CCC2=O. The number of hydrogen-bond donors (Lipinski definition) is 7. The second kappa shape index (κ2) is 10.3. The minimum atomic E-state index is -0.303. The molecule has 4 rings (SSSR count). The third kappa shape index (κ3) is 4.05. The van der Waals surface area contributed by atoms with Crippen LogP contribution in [0, 0.1) is 39.9 Å². The van der Waals surface area contributed by atoms with E-state index in [4.69, 9.17) is 37.9 Å². The molecule has 2 nitrogen and oxygen atoms in total. The number of hydrogen-bond acceptors (Lipinski definition) is 8. The van der Waals surface area contributed by atoms with Gasteiger partial charge in [-0.05, 0) is 62.2 Å². The average molecular weight is 565 g/mol. The van der Waals surface area contributed by atoms with E-state index in [1.54, 1.807) is 0 Å². The lowest BCUT2D eigenvalue weighted by atomic mass is 9.42. The molecule has 0 bridgehead atoms. The van der Waals surface area contributed by atoms with Gasteiger partial charge in [-0.15, -0.1) is 0 Å². The Hall–Kier alpha value is 1.47. The molecule has 0 aromatic carbocycles. The third-order valence-electron chi connectivity index (χ3n) is 10.3. The van der Waals surface area contributed by atoms with Crippen LogP contribution in [-0.4, -0.2) is 50.5 Å². The van der Waals surface area contributed by atoms with E-state index in [0.29, 0.717) is 40.8 Å². The first-order valence-electron chi connectivity index (χ1n) is 12.4. The number of aliphatic hydroxyl groups excluding tert-OH is 1. The highest BCUT2D eigenvalue weighted by Gasteiger charge is 2.64. The molecule has 3 fully saturated rings. The van der Waals surface area contributed by atoms with Crippen LogP contribution in [0.5, 0.6) is 0 Å². The molecule has 3 saturated carbocycles. The fourth-order valence-corrected chi connectivity index (χ4v) is 10.7. The molecule has 33 heavy (non-hydrogen) atoms.